The summed E-state index contributed by atoms with van der Waals surface area (Å²) in [6.45, 7) is 11.7. The van der Waals surface area contributed by atoms with Crippen LogP contribution in [0.2, 0.25) is 0 Å². The van der Waals surface area contributed by atoms with Crippen molar-refractivity contribution in [1.82, 2.24) is 0 Å². The van der Waals surface area contributed by atoms with Crippen molar-refractivity contribution >= 4 is 0 Å². The highest BCUT2D eigenvalue weighted by Crippen LogP contribution is 2.44. The number of nitrogens with two attached hydrogens (primary N) is 2. The van der Waals surface area contributed by atoms with E-state index in [4.69, 9.17) is 11.5 Å². The standard InChI is InChI=1S/C17H36N2/c1-12(2)15-11-14(8-9-16(15)19)17(4,5)10-6-7-13(3)18/h12-16H,6-11,18-19H2,1-5H3. The van der Waals surface area contributed by atoms with E-state index in [1.807, 2.05) is 0 Å². The molecule has 0 aromatic carbocycles. The molecule has 0 aromatic heterocycles. The van der Waals surface area contributed by atoms with E-state index >= 15 is 0 Å². The van der Waals surface area contributed by atoms with Crippen molar-refractivity contribution in [2.24, 2.45) is 34.6 Å². The summed E-state index contributed by atoms with van der Waals surface area (Å²) in [6, 6.07) is 0.773. The fourth-order valence-electron chi connectivity index (χ4n) is 3.79. The molecule has 2 heteroatoms. The Labute approximate surface area is 120 Å². The van der Waals surface area contributed by atoms with Gasteiger partial charge in [0.15, 0.2) is 0 Å². The second kappa shape index (κ2) is 7.08. The highest BCUT2D eigenvalue weighted by molar-refractivity contribution is 4.90. The maximum atomic E-state index is 6.31. The first kappa shape index (κ1) is 17.0. The largest absolute Gasteiger partial charge is 0.328 e. The minimum Gasteiger partial charge on any atom is -0.328 e. The van der Waals surface area contributed by atoms with Crippen molar-refractivity contribution in [3.05, 3.63) is 0 Å². The Hall–Kier alpha value is -0.0800. The molecule has 1 rings (SSSR count). The zero-order valence-electron chi connectivity index (χ0n) is 13.8. The van der Waals surface area contributed by atoms with Gasteiger partial charge in [0, 0.05) is 12.1 Å². The van der Waals surface area contributed by atoms with E-state index in [0.717, 1.165) is 18.3 Å². The lowest BCUT2D eigenvalue weighted by molar-refractivity contribution is 0.0830. The molecule has 114 valence electrons. The monoisotopic (exact) mass is 268 g/mol. The van der Waals surface area contributed by atoms with Crippen LogP contribution in [-0.2, 0) is 0 Å². The molecular weight excluding hydrogens is 232 g/mol. The maximum absolute atomic E-state index is 6.31. The van der Waals surface area contributed by atoms with Crippen molar-refractivity contribution in [2.45, 2.75) is 85.2 Å². The van der Waals surface area contributed by atoms with E-state index < -0.39 is 0 Å². The van der Waals surface area contributed by atoms with Gasteiger partial charge < -0.3 is 11.5 Å². The molecule has 1 fully saturated rings. The molecule has 0 amide bonds. The first-order chi connectivity index (χ1) is 8.74. The third-order valence-electron chi connectivity index (χ3n) is 5.40. The molecule has 19 heavy (non-hydrogen) atoms. The molecule has 0 radical (unpaired) electrons. The highest BCUT2D eigenvalue weighted by Gasteiger charge is 2.37. The molecule has 0 aliphatic heterocycles. The van der Waals surface area contributed by atoms with Crippen LogP contribution in [0.25, 0.3) is 0 Å². The quantitative estimate of drug-likeness (QED) is 0.767. The van der Waals surface area contributed by atoms with Gasteiger partial charge in [-0.1, -0.05) is 34.1 Å². The molecular formula is C17H36N2. The van der Waals surface area contributed by atoms with E-state index in [1.54, 1.807) is 0 Å². The molecule has 2 nitrogen and oxygen atoms in total. The predicted molar refractivity (Wildman–Crippen MR) is 84.9 cm³/mol. The van der Waals surface area contributed by atoms with Crippen LogP contribution in [-0.4, -0.2) is 12.1 Å². The molecule has 4 atom stereocenters. The number of hydrogen-bond acceptors (Lipinski definition) is 2. The van der Waals surface area contributed by atoms with Crippen molar-refractivity contribution < 1.29 is 0 Å². The zero-order valence-corrected chi connectivity index (χ0v) is 13.8. The van der Waals surface area contributed by atoms with Crippen LogP contribution in [0, 0.1) is 23.2 Å². The molecule has 0 saturated heterocycles. The molecule has 1 saturated carbocycles. The summed E-state index contributed by atoms with van der Waals surface area (Å²) in [5.74, 6) is 2.27. The van der Waals surface area contributed by atoms with Gasteiger partial charge in [0.1, 0.15) is 0 Å². The molecule has 4 N–H and O–H groups in total. The summed E-state index contributed by atoms with van der Waals surface area (Å²) in [7, 11) is 0. The van der Waals surface area contributed by atoms with Gasteiger partial charge in [0.2, 0.25) is 0 Å². The van der Waals surface area contributed by atoms with Gasteiger partial charge in [-0.25, -0.2) is 0 Å². The topological polar surface area (TPSA) is 52.0 Å². The lowest BCUT2D eigenvalue weighted by atomic mass is 9.63. The first-order valence-corrected chi connectivity index (χ1v) is 8.25. The van der Waals surface area contributed by atoms with E-state index in [0.29, 0.717) is 23.4 Å². The Balaban J connectivity index is 2.53. The molecule has 0 bridgehead atoms. The molecule has 4 unspecified atom stereocenters. The van der Waals surface area contributed by atoms with Crippen LogP contribution in [0.4, 0.5) is 0 Å². The van der Waals surface area contributed by atoms with Gasteiger partial charge in [-0.3, -0.25) is 0 Å². The summed E-state index contributed by atoms with van der Waals surface area (Å²) in [5.41, 5.74) is 12.6. The van der Waals surface area contributed by atoms with E-state index in [1.165, 1.54) is 32.1 Å². The van der Waals surface area contributed by atoms with E-state index in [-0.39, 0.29) is 0 Å². The second-order valence-corrected chi connectivity index (χ2v) is 7.94. The molecule has 0 aromatic rings. The fraction of sp³-hybridized carbons (Fsp3) is 1.00. The van der Waals surface area contributed by atoms with E-state index in [2.05, 4.69) is 34.6 Å². The summed E-state index contributed by atoms with van der Waals surface area (Å²) >= 11 is 0. The Morgan fingerprint density at radius 1 is 1.16 bits per heavy atom. The van der Waals surface area contributed by atoms with Crippen molar-refractivity contribution in [2.75, 3.05) is 0 Å². The Morgan fingerprint density at radius 3 is 2.32 bits per heavy atom. The van der Waals surface area contributed by atoms with Gasteiger partial charge in [-0.05, 0) is 62.2 Å². The summed E-state index contributed by atoms with van der Waals surface area (Å²) in [5, 5.41) is 0. The third kappa shape index (κ3) is 5.07. The minimum absolute atomic E-state index is 0.346. The SMILES string of the molecule is CC(N)CCCC(C)(C)C1CCC(N)C(C(C)C)C1. The third-order valence-corrected chi connectivity index (χ3v) is 5.40. The lowest BCUT2D eigenvalue weighted by Crippen LogP contribution is -2.42. The lowest BCUT2D eigenvalue weighted by Gasteiger charge is -2.44. The Bertz CT molecular complexity index is 258. The molecule has 0 heterocycles. The van der Waals surface area contributed by atoms with Crippen LogP contribution >= 0.6 is 0 Å². The first-order valence-electron chi connectivity index (χ1n) is 8.25. The summed E-state index contributed by atoms with van der Waals surface area (Å²) in [4.78, 5) is 0. The molecule has 0 spiro atoms. The van der Waals surface area contributed by atoms with E-state index in [9.17, 15) is 0 Å². The molecule has 1 aliphatic rings. The second-order valence-electron chi connectivity index (χ2n) is 7.94. The predicted octanol–water partition coefficient (Wildman–Crippen LogP) is 3.93. The average Bonchev–Trinajstić information content (AvgIpc) is 2.27. The zero-order chi connectivity index (χ0) is 14.6. The Kier molecular flexibility index (Phi) is 6.32. The van der Waals surface area contributed by atoms with Gasteiger partial charge in [0.05, 0.1) is 0 Å². The Morgan fingerprint density at radius 2 is 1.79 bits per heavy atom. The number of hydrogen-bond donors (Lipinski definition) is 2. The number of rotatable bonds is 6. The minimum atomic E-state index is 0.346. The normalized spacial score (nSPS) is 30.6. The van der Waals surface area contributed by atoms with Crippen molar-refractivity contribution in [3.8, 4) is 0 Å². The smallest absolute Gasteiger partial charge is 0.00698 e. The van der Waals surface area contributed by atoms with Crippen LogP contribution in [0.3, 0.4) is 0 Å². The maximum Gasteiger partial charge on any atom is 0.00698 e. The van der Waals surface area contributed by atoms with Gasteiger partial charge >= 0.3 is 0 Å². The van der Waals surface area contributed by atoms with Crippen LogP contribution in [0.15, 0.2) is 0 Å². The van der Waals surface area contributed by atoms with Gasteiger partial charge in [-0.15, -0.1) is 0 Å². The highest BCUT2D eigenvalue weighted by atomic mass is 14.7. The van der Waals surface area contributed by atoms with Crippen LogP contribution < -0.4 is 11.5 Å². The summed E-state index contributed by atoms with van der Waals surface area (Å²) < 4.78 is 0. The van der Waals surface area contributed by atoms with Gasteiger partial charge in [-0.2, -0.15) is 0 Å². The van der Waals surface area contributed by atoms with Crippen molar-refractivity contribution in [1.29, 1.82) is 0 Å². The molecule has 1 aliphatic carbocycles. The van der Waals surface area contributed by atoms with Gasteiger partial charge in [0.25, 0.3) is 0 Å². The van der Waals surface area contributed by atoms with Crippen LogP contribution in [0.1, 0.15) is 73.1 Å². The fourth-order valence-corrected chi connectivity index (χ4v) is 3.79. The average molecular weight is 268 g/mol. The summed E-state index contributed by atoms with van der Waals surface area (Å²) in [6.07, 6.45) is 7.58. The van der Waals surface area contributed by atoms with Crippen molar-refractivity contribution in [3.63, 3.8) is 0 Å². The van der Waals surface area contributed by atoms with Crippen LogP contribution in [0.5, 0.6) is 0 Å².